The number of nitrogens with one attached hydrogen (secondary N) is 1. The molecule has 0 unspecified atom stereocenters. The van der Waals surface area contributed by atoms with Crippen LogP contribution in [0.5, 0.6) is 0 Å². The molecule has 1 heterocycles. The minimum absolute atomic E-state index is 0.162. The molecule has 1 N–H and O–H groups in total. The molecule has 1 aromatic carbocycles. The summed E-state index contributed by atoms with van der Waals surface area (Å²) in [6.45, 7) is 4.41. The molecule has 0 spiro atoms. The number of aryl methyl sites for hydroxylation is 1. The van der Waals surface area contributed by atoms with E-state index < -0.39 is 0 Å². The number of hydrogen-bond donors (Lipinski definition) is 1. The number of carbonyl (C=O) groups is 3. The van der Waals surface area contributed by atoms with Crippen molar-refractivity contribution < 1.29 is 14.4 Å². The molecule has 4 rings (SSSR count). The Labute approximate surface area is 153 Å². The maximum atomic E-state index is 12.6. The second-order valence-corrected chi connectivity index (χ2v) is 7.88. The third-order valence-electron chi connectivity index (χ3n) is 6.12. The normalized spacial score (nSPS) is 30.0. The van der Waals surface area contributed by atoms with Crippen LogP contribution in [0.1, 0.15) is 30.4 Å². The largest absolute Gasteiger partial charge is 0.354 e. The van der Waals surface area contributed by atoms with Crippen LogP contribution in [0, 0.1) is 30.6 Å². The van der Waals surface area contributed by atoms with Crippen molar-refractivity contribution in [1.82, 2.24) is 10.2 Å². The Morgan fingerprint density at radius 2 is 1.69 bits per heavy atom. The molecule has 3 aliphatic rings. The topological polar surface area (TPSA) is 66.5 Å². The van der Waals surface area contributed by atoms with Crippen LogP contribution in [0.2, 0.25) is 0 Å². The zero-order valence-electron chi connectivity index (χ0n) is 15.1. The third kappa shape index (κ3) is 2.75. The van der Waals surface area contributed by atoms with E-state index in [1.807, 2.05) is 13.8 Å². The van der Waals surface area contributed by atoms with E-state index in [0.29, 0.717) is 6.54 Å². The van der Waals surface area contributed by atoms with E-state index in [0.717, 1.165) is 12.0 Å². The van der Waals surface area contributed by atoms with Gasteiger partial charge in [0.25, 0.3) is 0 Å². The van der Waals surface area contributed by atoms with Gasteiger partial charge in [-0.15, -0.1) is 0 Å². The van der Waals surface area contributed by atoms with E-state index in [-0.39, 0.29) is 53.9 Å². The van der Waals surface area contributed by atoms with Gasteiger partial charge in [-0.25, -0.2) is 0 Å². The van der Waals surface area contributed by atoms with Crippen LogP contribution in [-0.2, 0) is 14.4 Å². The third-order valence-corrected chi connectivity index (χ3v) is 6.12. The molecule has 1 aromatic rings. The highest BCUT2D eigenvalue weighted by Gasteiger charge is 2.59. The molecule has 3 amide bonds. The fraction of sp³-hybridized carbons (Fsp3) is 0.476. The molecule has 1 saturated carbocycles. The van der Waals surface area contributed by atoms with E-state index in [2.05, 4.69) is 41.7 Å². The standard InChI is InChI=1S/C21H24N2O3/c1-12-3-5-14(6-4-12)13(2)10-22-17(24)11-23-20(25)18-15-7-8-16(9-15)19(18)21(23)26/h3-8,13,15-16,18-19H,9-11H2,1-2H3,(H,22,24)/t13-,15+,16+,18-,19+/m1/s1. The molecule has 1 aliphatic heterocycles. The van der Waals surface area contributed by atoms with Gasteiger partial charge in [0.2, 0.25) is 17.7 Å². The summed E-state index contributed by atoms with van der Waals surface area (Å²) in [6, 6.07) is 8.22. The minimum Gasteiger partial charge on any atom is -0.354 e. The quantitative estimate of drug-likeness (QED) is 0.651. The zero-order valence-corrected chi connectivity index (χ0v) is 15.1. The van der Waals surface area contributed by atoms with Gasteiger partial charge in [-0.05, 0) is 36.7 Å². The average Bonchev–Trinajstić information content (AvgIpc) is 3.30. The molecule has 2 bridgehead atoms. The minimum atomic E-state index is -0.272. The van der Waals surface area contributed by atoms with Crippen LogP contribution in [0.25, 0.3) is 0 Å². The highest BCUT2D eigenvalue weighted by atomic mass is 16.2. The van der Waals surface area contributed by atoms with Gasteiger partial charge in [0.05, 0.1) is 11.8 Å². The van der Waals surface area contributed by atoms with Gasteiger partial charge in [0.1, 0.15) is 6.54 Å². The summed E-state index contributed by atoms with van der Waals surface area (Å²) in [5.74, 6) is -0.562. The lowest BCUT2D eigenvalue weighted by atomic mass is 9.85. The van der Waals surface area contributed by atoms with E-state index >= 15 is 0 Å². The molecule has 136 valence electrons. The molecule has 5 nitrogen and oxygen atoms in total. The van der Waals surface area contributed by atoms with Crippen molar-refractivity contribution in [2.24, 2.45) is 23.7 Å². The molecule has 5 heteroatoms. The van der Waals surface area contributed by atoms with Crippen molar-refractivity contribution in [2.75, 3.05) is 13.1 Å². The monoisotopic (exact) mass is 352 g/mol. The number of amides is 3. The number of likely N-dealkylation sites (tertiary alicyclic amines) is 1. The SMILES string of the molecule is Cc1ccc([C@H](C)CNC(=O)CN2C(=O)[C@@H]3[C@H](C2=O)[C@H]2C=C[C@H]3C2)cc1. The summed E-state index contributed by atoms with van der Waals surface area (Å²) in [6.07, 6.45) is 5.02. The fourth-order valence-electron chi connectivity index (χ4n) is 4.60. The summed E-state index contributed by atoms with van der Waals surface area (Å²) in [7, 11) is 0. The fourth-order valence-corrected chi connectivity index (χ4v) is 4.60. The first kappa shape index (κ1) is 17.0. The maximum absolute atomic E-state index is 12.6. The average molecular weight is 352 g/mol. The first-order valence-corrected chi connectivity index (χ1v) is 9.32. The second-order valence-electron chi connectivity index (χ2n) is 7.88. The predicted molar refractivity (Wildman–Crippen MR) is 97.0 cm³/mol. The summed E-state index contributed by atoms with van der Waals surface area (Å²) in [5, 5.41) is 2.87. The van der Waals surface area contributed by atoms with Crippen molar-refractivity contribution in [3.05, 3.63) is 47.5 Å². The first-order valence-electron chi connectivity index (χ1n) is 9.32. The highest BCUT2D eigenvalue weighted by molar-refractivity contribution is 6.08. The van der Waals surface area contributed by atoms with Gasteiger partial charge < -0.3 is 5.32 Å². The van der Waals surface area contributed by atoms with Crippen LogP contribution in [0.15, 0.2) is 36.4 Å². The Morgan fingerprint density at radius 1 is 1.12 bits per heavy atom. The molecule has 5 atom stereocenters. The molecular weight excluding hydrogens is 328 g/mol. The Morgan fingerprint density at radius 3 is 2.27 bits per heavy atom. The lowest BCUT2D eigenvalue weighted by Crippen LogP contribution is -2.42. The van der Waals surface area contributed by atoms with Crippen LogP contribution >= 0.6 is 0 Å². The lowest BCUT2D eigenvalue weighted by Gasteiger charge is -2.18. The smallest absolute Gasteiger partial charge is 0.240 e. The molecule has 2 fully saturated rings. The van der Waals surface area contributed by atoms with Gasteiger partial charge in [0, 0.05) is 6.54 Å². The zero-order chi connectivity index (χ0) is 18.4. The molecular formula is C21H24N2O3. The highest BCUT2D eigenvalue weighted by Crippen LogP contribution is 2.52. The predicted octanol–water partition coefficient (Wildman–Crippen LogP) is 2.02. The molecule has 0 radical (unpaired) electrons. The van der Waals surface area contributed by atoms with Crippen LogP contribution in [0.3, 0.4) is 0 Å². The molecule has 26 heavy (non-hydrogen) atoms. The Bertz CT molecular complexity index is 753. The summed E-state index contributed by atoms with van der Waals surface area (Å²) in [5.41, 5.74) is 2.35. The van der Waals surface area contributed by atoms with Gasteiger partial charge in [-0.2, -0.15) is 0 Å². The Balaban J connectivity index is 1.33. The number of rotatable bonds is 5. The van der Waals surface area contributed by atoms with Gasteiger partial charge >= 0.3 is 0 Å². The van der Waals surface area contributed by atoms with E-state index in [1.54, 1.807) is 0 Å². The maximum Gasteiger partial charge on any atom is 0.240 e. The molecule has 1 saturated heterocycles. The van der Waals surface area contributed by atoms with Gasteiger partial charge in [-0.3, -0.25) is 19.3 Å². The van der Waals surface area contributed by atoms with Crippen LogP contribution < -0.4 is 5.32 Å². The number of allylic oxidation sites excluding steroid dienone is 2. The first-order chi connectivity index (χ1) is 12.5. The lowest BCUT2D eigenvalue weighted by molar-refractivity contribution is -0.144. The number of benzene rings is 1. The summed E-state index contributed by atoms with van der Waals surface area (Å²) in [4.78, 5) is 38.7. The van der Waals surface area contributed by atoms with Crippen molar-refractivity contribution in [3.63, 3.8) is 0 Å². The van der Waals surface area contributed by atoms with Crippen molar-refractivity contribution in [2.45, 2.75) is 26.2 Å². The van der Waals surface area contributed by atoms with Gasteiger partial charge in [-0.1, -0.05) is 48.9 Å². The second kappa shape index (κ2) is 6.38. The van der Waals surface area contributed by atoms with Gasteiger partial charge in [0.15, 0.2) is 0 Å². The van der Waals surface area contributed by atoms with Crippen molar-refractivity contribution >= 4 is 17.7 Å². The summed E-state index contributed by atoms with van der Waals surface area (Å²) >= 11 is 0. The number of carbonyl (C=O) groups excluding carboxylic acids is 3. The number of nitrogens with zero attached hydrogens (tertiary/aromatic N) is 1. The number of imide groups is 1. The van der Waals surface area contributed by atoms with Crippen LogP contribution in [-0.4, -0.2) is 35.7 Å². The van der Waals surface area contributed by atoms with Crippen LogP contribution in [0.4, 0.5) is 0 Å². The number of hydrogen-bond acceptors (Lipinski definition) is 3. The van der Waals surface area contributed by atoms with Crippen molar-refractivity contribution in [1.29, 1.82) is 0 Å². The molecule has 0 aromatic heterocycles. The number of fused-ring (bicyclic) bond motifs is 5. The Kier molecular flexibility index (Phi) is 4.17. The van der Waals surface area contributed by atoms with E-state index in [1.165, 1.54) is 10.5 Å². The van der Waals surface area contributed by atoms with E-state index in [9.17, 15) is 14.4 Å². The Hall–Kier alpha value is -2.43. The van der Waals surface area contributed by atoms with Crippen molar-refractivity contribution in [3.8, 4) is 0 Å². The van der Waals surface area contributed by atoms with E-state index in [4.69, 9.17) is 0 Å². The summed E-state index contributed by atoms with van der Waals surface area (Å²) < 4.78 is 0. The molecule has 2 aliphatic carbocycles.